The number of allylic oxidation sites excluding steroid dienone is 4. The summed E-state index contributed by atoms with van der Waals surface area (Å²) in [5, 5.41) is 0. The van der Waals surface area contributed by atoms with Gasteiger partial charge in [-0.15, -0.1) is 0 Å². The fourth-order valence-electron chi connectivity index (χ4n) is 7.46. The van der Waals surface area contributed by atoms with Crippen molar-refractivity contribution in [1.82, 2.24) is 0 Å². The Balaban J connectivity index is 4.33. The van der Waals surface area contributed by atoms with Crippen molar-refractivity contribution in [2.24, 2.45) is 16.9 Å². The first-order valence-electron chi connectivity index (χ1n) is 22.4. The van der Waals surface area contributed by atoms with Gasteiger partial charge in [-0.1, -0.05) is 192 Å². The second-order valence-corrected chi connectivity index (χ2v) is 15.8. The van der Waals surface area contributed by atoms with Crippen LogP contribution < -0.4 is 11.5 Å². The Hall–Kier alpha value is -1.58. The lowest BCUT2D eigenvalue weighted by Crippen LogP contribution is -2.37. The lowest BCUT2D eigenvalue weighted by Gasteiger charge is -2.31. The summed E-state index contributed by atoms with van der Waals surface area (Å²) in [4.78, 5) is 24.0. The first kappa shape index (κ1) is 48.4. The zero-order valence-corrected chi connectivity index (χ0v) is 33.9. The number of carbonyl (C=O) groups is 2. The van der Waals surface area contributed by atoms with Gasteiger partial charge in [-0.2, -0.15) is 0 Å². The molecule has 0 aliphatic heterocycles. The molecule has 0 radical (unpaired) electrons. The van der Waals surface area contributed by atoms with Gasteiger partial charge in [-0.3, -0.25) is 9.59 Å². The van der Waals surface area contributed by atoms with Crippen LogP contribution in [0, 0.1) is 5.41 Å². The Morgan fingerprint density at radius 2 is 0.640 bits per heavy atom. The van der Waals surface area contributed by atoms with Crippen LogP contribution in [0.1, 0.15) is 251 Å². The van der Waals surface area contributed by atoms with E-state index in [4.69, 9.17) is 11.5 Å². The normalized spacial score (nSPS) is 12.1. The largest absolute Gasteiger partial charge is 0.370 e. The second-order valence-electron chi connectivity index (χ2n) is 15.8. The predicted molar refractivity (Wildman–Crippen MR) is 221 cm³/mol. The summed E-state index contributed by atoms with van der Waals surface area (Å²) in [5.74, 6) is -0.268. The smallest absolute Gasteiger partial charge is 0.223 e. The van der Waals surface area contributed by atoms with Gasteiger partial charge in [0.05, 0.1) is 0 Å². The van der Waals surface area contributed by atoms with E-state index in [2.05, 4.69) is 38.2 Å². The minimum absolute atomic E-state index is 0.0632. The van der Waals surface area contributed by atoms with Crippen LogP contribution in [0.25, 0.3) is 0 Å². The van der Waals surface area contributed by atoms with Gasteiger partial charge in [-0.05, 0) is 77.0 Å². The van der Waals surface area contributed by atoms with Crippen LogP contribution >= 0.6 is 0 Å². The molecule has 0 aromatic carbocycles. The van der Waals surface area contributed by atoms with E-state index in [0.29, 0.717) is 6.42 Å². The van der Waals surface area contributed by atoms with E-state index >= 15 is 0 Å². The van der Waals surface area contributed by atoms with Crippen molar-refractivity contribution in [2.45, 2.75) is 251 Å². The van der Waals surface area contributed by atoms with E-state index in [-0.39, 0.29) is 17.2 Å². The average molecular weight is 701 g/mol. The summed E-state index contributed by atoms with van der Waals surface area (Å²) < 4.78 is 0. The zero-order chi connectivity index (χ0) is 36.6. The van der Waals surface area contributed by atoms with Gasteiger partial charge in [0.15, 0.2) is 0 Å². The summed E-state index contributed by atoms with van der Waals surface area (Å²) in [6.45, 7) is 4.56. The summed E-state index contributed by atoms with van der Waals surface area (Å²) in [7, 11) is 0. The highest BCUT2D eigenvalue weighted by Gasteiger charge is 2.34. The molecule has 0 saturated carbocycles. The average Bonchev–Trinajstić information content (AvgIpc) is 3.10. The number of nitrogens with two attached hydrogens (primary N) is 2. The Bertz CT molecular complexity index is 747. The summed E-state index contributed by atoms with van der Waals surface area (Å²) in [6, 6.07) is 0. The molecule has 4 nitrogen and oxygen atoms in total. The molecular formula is C46H88N2O2. The van der Waals surface area contributed by atoms with Crippen LogP contribution in [0.3, 0.4) is 0 Å². The van der Waals surface area contributed by atoms with Crippen molar-refractivity contribution in [2.75, 3.05) is 0 Å². The summed E-state index contributed by atoms with van der Waals surface area (Å²) in [5.41, 5.74) is 11.2. The van der Waals surface area contributed by atoms with Gasteiger partial charge in [-0.25, -0.2) is 0 Å². The van der Waals surface area contributed by atoms with Crippen LogP contribution in [0.4, 0.5) is 0 Å². The second kappa shape index (κ2) is 38.6. The molecule has 0 aromatic heterocycles. The molecule has 2 amide bonds. The molecule has 4 N–H and O–H groups in total. The number of rotatable bonds is 41. The molecule has 0 aliphatic rings. The van der Waals surface area contributed by atoms with Gasteiger partial charge in [0, 0.05) is 11.8 Å². The molecule has 0 atom stereocenters. The molecule has 0 aromatic rings. The van der Waals surface area contributed by atoms with E-state index in [1.807, 2.05) is 0 Å². The minimum Gasteiger partial charge on any atom is -0.370 e. The van der Waals surface area contributed by atoms with Crippen molar-refractivity contribution in [1.29, 1.82) is 0 Å². The van der Waals surface area contributed by atoms with Crippen molar-refractivity contribution in [3.8, 4) is 0 Å². The molecule has 0 saturated heterocycles. The third-order valence-corrected chi connectivity index (χ3v) is 10.9. The zero-order valence-electron chi connectivity index (χ0n) is 33.9. The molecule has 0 fully saturated rings. The van der Waals surface area contributed by atoms with E-state index < -0.39 is 0 Å². The van der Waals surface area contributed by atoms with Gasteiger partial charge in [0.2, 0.25) is 11.8 Å². The van der Waals surface area contributed by atoms with Crippen LogP contribution in [-0.4, -0.2) is 11.8 Å². The number of carbonyl (C=O) groups excluding carboxylic acids is 2. The van der Waals surface area contributed by atoms with Gasteiger partial charge < -0.3 is 11.5 Å². The minimum atomic E-state index is -0.338. The standard InChI is InChI=1S/C46H88N2O2/c1-3-5-7-9-11-13-15-17-19-21-23-25-27-29-33-37-41-46(45(48)50,43-39-35-31-32-36-40-44(47)49)42-38-34-30-28-26-24-22-20-18-16-14-12-10-8-6-4-2/h17-20H,3-16,21-43H2,1-2H3,(H2,47,49)(H2,48,50)/b19-17-,20-18-. The van der Waals surface area contributed by atoms with Crippen molar-refractivity contribution in [3.05, 3.63) is 24.3 Å². The Morgan fingerprint density at radius 1 is 0.380 bits per heavy atom. The molecule has 0 bridgehead atoms. The van der Waals surface area contributed by atoms with Crippen LogP contribution in [-0.2, 0) is 9.59 Å². The Labute approximate surface area is 313 Å². The topological polar surface area (TPSA) is 86.2 Å². The van der Waals surface area contributed by atoms with Gasteiger partial charge in [0.1, 0.15) is 0 Å². The van der Waals surface area contributed by atoms with Crippen molar-refractivity contribution in [3.63, 3.8) is 0 Å². The molecule has 294 valence electrons. The maximum atomic E-state index is 13.0. The molecule has 0 unspecified atom stereocenters. The third-order valence-electron chi connectivity index (χ3n) is 10.9. The molecule has 0 rings (SSSR count). The molecule has 50 heavy (non-hydrogen) atoms. The first-order valence-corrected chi connectivity index (χ1v) is 22.4. The van der Waals surface area contributed by atoms with Gasteiger partial charge >= 0.3 is 0 Å². The summed E-state index contributed by atoms with van der Waals surface area (Å²) in [6.07, 6.45) is 54.6. The third kappa shape index (κ3) is 33.6. The number of primary amides is 2. The van der Waals surface area contributed by atoms with Crippen molar-refractivity contribution < 1.29 is 9.59 Å². The molecule has 0 heterocycles. The predicted octanol–water partition coefficient (Wildman–Crippen LogP) is 14.5. The number of hydrogen-bond donors (Lipinski definition) is 2. The summed E-state index contributed by atoms with van der Waals surface area (Å²) >= 11 is 0. The highest BCUT2D eigenvalue weighted by molar-refractivity contribution is 5.80. The van der Waals surface area contributed by atoms with E-state index in [1.165, 1.54) is 167 Å². The van der Waals surface area contributed by atoms with E-state index in [9.17, 15) is 9.59 Å². The fraction of sp³-hybridized carbons (Fsp3) is 0.870. The first-order chi connectivity index (χ1) is 24.5. The Morgan fingerprint density at radius 3 is 0.920 bits per heavy atom. The fourth-order valence-corrected chi connectivity index (χ4v) is 7.46. The lowest BCUT2D eigenvalue weighted by atomic mass is 9.73. The Kier molecular flexibility index (Phi) is 37.4. The SMILES string of the molecule is CCCCCCCC/C=C\CCCCCCCCC(CCCCCCCC/C=C\CCCCCCCC)(CCCCCCCC(N)=O)C(N)=O. The molecular weight excluding hydrogens is 613 g/mol. The van der Waals surface area contributed by atoms with E-state index in [1.54, 1.807) is 0 Å². The maximum absolute atomic E-state index is 13.0. The van der Waals surface area contributed by atoms with Crippen molar-refractivity contribution >= 4 is 11.8 Å². The van der Waals surface area contributed by atoms with Crippen LogP contribution in [0.15, 0.2) is 24.3 Å². The van der Waals surface area contributed by atoms with Gasteiger partial charge in [0.25, 0.3) is 0 Å². The molecule has 0 spiro atoms. The number of hydrogen-bond acceptors (Lipinski definition) is 2. The highest BCUT2D eigenvalue weighted by atomic mass is 16.1. The van der Waals surface area contributed by atoms with Crippen LogP contribution in [0.2, 0.25) is 0 Å². The van der Waals surface area contributed by atoms with Crippen LogP contribution in [0.5, 0.6) is 0 Å². The number of unbranched alkanes of at least 4 members (excludes halogenated alkanes) is 28. The maximum Gasteiger partial charge on any atom is 0.223 e. The van der Waals surface area contributed by atoms with E-state index in [0.717, 1.165) is 64.2 Å². The molecule has 0 aliphatic carbocycles. The monoisotopic (exact) mass is 701 g/mol. The molecule has 4 heteroatoms. The lowest BCUT2D eigenvalue weighted by molar-refractivity contribution is -0.129. The quantitative estimate of drug-likeness (QED) is 0.0491. The highest BCUT2D eigenvalue weighted by Crippen LogP contribution is 2.37. The number of amides is 2.